The van der Waals surface area contributed by atoms with Gasteiger partial charge in [-0.2, -0.15) is 5.10 Å². The Bertz CT molecular complexity index is 544. The third-order valence-corrected chi connectivity index (χ3v) is 3.11. The lowest BCUT2D eigenvalue weighted by atomic mass is 10.1. The Balaban J connectivity index is 2.16. The standard InChI is InChI=1S/C14H23N5/c1-6-12-15-8-10-18(12)9-7-13-16-11(2)17-19(13)14(3,4)5/h8,10H,6-7,9H2,1-5H3. The van der Waals surface area contributed by atoms with E-state index in [2.05, 4.69) is 47.3 Å². The van der Waals surface area contributed by atoms with Gasteiger partial charge in [-0.25, -0.2) is 14.6 Å². The summed E-state index contributed by atoms with van der Waals surface area (Å²) in [6.07, 6.45) is 5.72. The molecule has 0 aliphatic carbocycles. The van der Waals surface area contributed by atoms with Crippen molar-refractivity contribution in [3.05, 3.63) is 29.9 Å². The van der Waals surface area contributed by atoms with Crippen LogP contribution in [0.3, 0.4) is 0 Å². The molecular formula is C14H23N5. The van der Waals surface area contributed by atoms with E-state index in [1.165, 1.54) is 0 Å². The molecule has 0 unspecified atom stereocenters. The first-order chi connectivity index (χ1) is 8.91. The average molecular weight is 261 g/mol. The van der Waals surface area contributed by atoms with Crippen LogP contribution in [0.15, 0.2) is 12.4 Å². The van der Waals surface area contributed by atoms with E-state index in [0.29, 0.717) is 0 Å². The van der Waals surface area contributed by atoms with Gasteiger partial charge in [-0.05, 0) is 27.7 Å². The lowest BCUT2D eigenvalue weighted by molar-refractivity contribution is 0.338. The zero-order valence-electron chi connectivity index (χ0n) is 12.5. The van der Waals surface area contributed by atoms with Crippen LogP contribution in [0.25, 0.3) is 0 Å². The highest BCUT2D eigenvalue weighted by Crippen LogP contribution is 2.16. The summed E-state index contributed by atoms with van der Waals surface area (Å²) in [5, 5.41) is 4.51. The molecule has 104 valence electrons. The number of aryl methyl sites for hydroxylation is 4. The van der Waals surface area contributed by atoms with Crippen LogP contribution in [-0.2, 0) is 24.9 Å². The van der Waals surface area contributed by atoms with Crippen LogP contribution in [0.4, 0.5) is 0 Å². The number of rotatable bonds is 4. The van der Waals surface area contributed by atoms with Gasteiger partial charge >= 0.3 is 0 Å². The van der Waals surface area contributed by atoms with Crippen LogP contribution in [0, 0.1) is 6.92 Å². The molecule has 2 heterocycles. The van der Waals surface area contributed by atoms with Gasteiger partial charge in [0.15, 0.2) is 0 Å². The number of hydrogen-bond donors (Lipinski definition) is 0. The normalized spacial score (nSPS) is 12.1. The van der Waals surface area contributed by atoms with E-state index in [9.17, 15) is 0 Å². The van der Waals surface area contributed by atoms with Gasteiger partial charge in [-0.3, -0.25) is 0 Å². The largest absolute Gasteiger partial charge is 0.334 e. The van der Waals surface area contributed by atoms with E-state index in [0.717, 1.165) is 36.9 Å². The molecule has 0 radical (unpaired) electrons. The fourth-order valence-corrected chi connectivity index (χ4v) is 2.24. The Kier molecular flexibility index (Phi) is 3.73. The number of imidazole rings is 1. The Morgan fingerprint density at radius 2 is 1.95 bits per heavy atom. The quantitative estimate of drug-likeness (QED) is 0.848. The van der Waals surface area contributed by atoms with Crippen LogP contribution >= 0.6 is 0 Å². The summed E-state index contributed by atoms with van der Waals surface area (Å²) in [5.74, 6) is 3.01. The molecule has 0 fully saturated rings. The Hall–Kier alpha value is -1.65. The number of aromatic nitrogens is 5. The van der Waals surface area contributed by atoms with E-state index in [-0.39, 0.29) is 5.54 Å². The van der Waals surface area contributed by atoms with E-state index in [4.69, 9.17) is 0 Å². The predicted octanol–water partition coefficient (Wildman–Crippen LogP) is 2.34. The van der Waals surface area contributed by atoms with Crippen molar-refractivity contribution in [2.75, 3.05) is 0 Å². The summed E-state index contributed by atoms with van der Waals surface area (Å²) in [4.78, 5) is 8.89. The SMILES string of the molecule is CCc1nccn1CCc1nc(C)nn1C(C)(C)C. The molecule has 19 heavy (non-hydrogen) atoms. The van der Waals surface area contributed by atoms with Crippen LogP contribution in [0.2, 0.25) is 0 Å². The second kappa shape index (κ2) is 5.15. The summed E-state index contributed by atoms with van der Waals surface area (Å²) < 4.78 is 4.22. The Morgan fingerprint density at radius 3 is 2.58 bits per heavy atom. The molecule has 0 saturated heterocycles. The molecule has 0 aliphatic heterocycles. The van der Waals surface area contributed by atoms with E-state index >= 15 is 0 Å². The average Bonchev–Trinajstić information content (AvgIpc) is 2.91. The summed E-state index contributed by atoms with van der Waals surface area (Å²) >= 11 is 0. The highest BCUT2D eigenvalue weighted by molar-refractivity contribution is 4.98. The van der Waals surface area contributed by atoms with Gasteiger partial charge in [0, 0.05) is 31.8 Å². The topological polar surface area (TPSA) is 48.5 Å². The second-order valence-electron chi connectivity index (χ2n) is 5.80. The zero-order valence-corrected chi connectivity index (χ0v) is 12.5. The fraction of sp³-hybridized carbons (Fsp3) is 0.643. The summed E-state index contributed by atoms with van der Waals surface area (Å²) in [6, 6.07) is 0. The van der Waals surface area contributed by atoms with Gasteiger partial charge in [0.1, 0.15) is 17.5 Å². The van der Waals surface area contributed by atoms with Crippen molar-refractivity contribution in [1.82, 2.24) is 24.3 Å². The van der Waals surface area contributed by atoms with E-state index in [1.54, 1.807) is 0 Å². The molecule has 0 spiro atoms. The van der Waals surface area contributed by atoms with Crippen LogP contribution < -0.4 is 0 Å². The summed E-state index contributed by atoms with van der Waals surface area (Å²) in [6.45, 7) is 11.4. The van der Waals surface area contributed by atoms with Crippen molar-refractivity contribution in [1.29, 1.82) is 0 Å². The van der Waals surface area contributed by atoms with E-state index < -0.39 is 0 Å². The van der Waals surface area contributed by atoms with Gasteiger partial charge < -0.3 is 4.57 Å². The van der Waals surface area contributed by atoms with Crippen LogP contribution in [0.1, 0.15) is 45.2 Å². The molecule has 5 heteroatoms. The Morgan fingerprint density at radius 1 is 1.21 bits per heavy atom. The minimum absolute atomic E-state index is 0.0287. The second-order valence-corrected chi connectivity index (χ2v) is 5.80. The molecule has 0 atom stereocenters. The lowest BCUT2D eigenvalue weighted by Gasteiger charge is -2.21. The monoisotopic (exact) mass is 261 g/mol. The maximum atomic E-state index is 4.55. The molecule has 2 aromatic rings. The molecule has 0 amide bonds. The number of nitrogens with zero attached hydrogens (tertiary/aromatic N) is 5. The maximum absolute atomic E-state index is 4.55. The van der Waals surface area contributed by atoms with Gasteiger partial charge in [-0.15, -0.1) is 0 Å². The van der Waals surface area contributed by atoms with Gasteiger partial charge in [-0.1, -0.05) is 6.92 Å². The van der Waals surface area contributed by atoms with Crippen LogP contribution in [0.5, 0.6) is 0 Å². The van der Waals surface area contributed by atoms with E-state index in [1.807, 2.05) is 24.0 Å². The molecule has 2 aromatic heterocycles. The fourth-order valence-electron chi connectivity index (χ4n) is 2.24. The molecule has 5 nitrogen and oxygen atoms in total. The predicted molar refractivity (Wildman–Crippen MR) is 75.1 cm³/mol. The first-order valence-corrected chi connectivity index (χ1v) is 6.85. The van der Waals surface area contributed by atoms with Crippen molar-refractivity contribution >= 4 is 0 Å². The van der Waals surface area contributed by atoms with Crippen molar-refractivity contribution in [2.24, 2.45) is 0 Å². The first kappa shape index (κ1) is 13.8. The molecule has 2 rings (SSSR count). The Labute approximate surface area is 114 Å². The van der Waals surface area contributed by atoms with Crippen LogP contribution in [-0.4, -0.2) is 24.3 Å². The smallest absolute Gasteiger partial charge is 0.147 e. The van der Waals surface area contributed by atoms with Crippen molar-refractivity contribution in [2.45, 2.75) is 59.5 Å². The molecule has 0 aromatic carbocycles. The number of hydrogen-bond acceptors (Lipinski definition) is 3. The third-order valence-electron chi connectivity index (χ3n) is 3.11. The summed E-state index contributed by atoms with van der Waals surface area (Å²) in [7, 11) is 0. The maximum Gasteiger partial charge on any atom is 0.147 e. The highest BCUT2D eigenvalue weighted by Gasteiger charge is 2.19. The highest BCUT2D eigenvalue weighted by atomic mass is 15.4. The first-order valence-electron chi connectivity index (χ1n) is 6.85. The molecular weight excluding hydrogens is 238 g/mol. The molecule has 0 aliphatic rings. The molecule has 0 saturated carbocycles. The van der Waals surface area contributed by atoms with Crippen molar-refractivity contribution < 1.29 is 0 Å². The van der Waals surface area contributed by atoms with Crippen molar-refractivity contribution in [3.63, 3.8) is 0 Å². The minimum atomic E-state index is -0.0287. The van der Waals surface area contributed by atoms with Crippen molar-refractivity contribution in [3.8, 4) is 0 Å². The minimum Gasteiger partial charge on any atom is -0.334 e. The molecule has 0 N–H and O–H groups in total. The summed E-state index contributed by atoms with van der Waals surface area (Å²) in [5.41, 5.74) is -0.0287. The van der Waals surface area contributed by atoms with Gasteiger partial charge in [0.2, 0.25) is 0 Å². The van der Waals surface area contributed by atoms with Gasteiger partial charge in [0.25, 0.3) is 0 Å². The third kappa shape index (κ3) is 3.03. The lowest BCUT2D eigenvalue weighted by Crippen LogP contribution is -2.26. The van der Waals surface area contributed by atoms with Gasteiger partial charge in [0.05, 0.1) is 5.54 Å². The molecule has 0 bridgehead atoms. The zero-order chi connectivity index (χ0) is 14.0.